The minimum Gasteiger partial charge on any atom is -0.409 e. The normalized spacial score (nSPS) is 11.3. The first kappa shape index (κ1) is 14.1. The van der Waals surface area contributed by atoms with Gasteiger partial charge in [-0.15, -0.1) is 11.3 Å². The largest absolute Gasteiger partial charge is 0.409 e. The van der Waals surface area contributed by atoms with Crippen molar-refractivity contribution in [2.45, 2.75) is 13.5 Å². The van der Waals surface area contributed by atoms with Gasteiger partial charge in [-0.3, -0.25) is 4.79 Å². The summed E-state index contributed by atoms with van der Waals surface area (Å²) in [5, 5.41) is 16.3. The predicted molar refractivity (Wildman–Crippen MR) is 79.2 cm³/mol. The van der Waals surface area contributed by atoms with Crippen LogP contribution < -0.4 is 11.1 Å². The van der Waals surface area contributed by atoms with Crippen LogP contribution in [0.2, 0.25) is 0 Å². The zero-order valence-corrected chi connectivity index (χ0v) is 11.8. The van der Waals surface area contributed by atoms with Gasteiger partial charge in [0.1, 0.15) is 0 Å². The molecule has 0 saturated heterocycles. The van der Waals surface area contributed by atoms with Crippen molar-refractivity contribution in [1.29, 1.82) is 0 Å². The molecule has 0 aliphatic heterocycles. The molecule has 0 unspecified atom stereocenters. The molecule has 0 fully saturated rings. The number of amides is 1. The number of carbonyl (C=O) groups is 1. The molecule has 0 radical (unpaired) electrons. The Kier molecular flexibility index (Phi) is 4.37. The van der Waals surface area contributed by atoms with E-state index in [1.807, 2.05) is 18.4 Å². The summed E-state index contributed by atoms with van der Waals surface area (Å²) < 4.78 is 0. The van der Waals surface area contributed by atoms with Gasteiger partial charge in [-0.25, -0.2) is 0 Å². The Morgan fingerprint density at radius 3 is 2.50 bits per heavy atom. The number of nitrogens with zero attached hydrogens (tertiary/aromatic N) is 1. The molecule has 0 atom stereocenters. The summed E-state index contributed by atoms with van der Waals surface area (Å²) >= 11 is 1.62. The molecule has 4 N–H and O–H groups in total. The summed E-state index contributed by atoms with van der Waals surface area (Å²) in [5.41, 5.74) is 7.74. The Morgan fingerprint density at radius 1 is 1.30 bits per heavy atom. The maximum absolute atomic E-state index is 12.0. The van der Waals surface area contributed by atoms with Crippen LogP contribution in [0, 0.1) is 6.92 Å². The van der Waals surface area contributed by atoms with E-state index in [4.69, 9.17) is 10.9 Å². The minimum absolute atomic E-state index is 0.0196. The van der Waals surface area contributed by atoms with E-state index in [2.05, 4.69) is 10.5 Å². The maximum Gasteiger partial charge on any atom is 0.251 e. The van der Waals surface area contributed by atoms with Gasteiger partial charge in [0.25, 0.3) is 5.91 Å². The lowest BCUT2D eigenvalue weighted by atomic mass is 10.1. The highest BCUT2D eigenvalue weighted by Gasteiger charge is 2.07. The number of thiophene rings is 1. The van der Waals surface area contributed by atoms with Gasteiger partial charge in [0.05, 0.1) is 6.54 Å². The van der Waals surface area contributed by atoms with E-state index in [1.54, 1.807) is 35.6 Å². The topological polar surface area (TPSA) is 87.7 Å². The number of nitrogens with two attached hydrogens (primary N) is 1. The third kappa shape index (κ3) is 3.16. The number of benzene rings is 1. The average Bonchev–Trinajstić information content (AvgIpc) is 2.89. The van der Waals surface area contributed by atoms with E-state index in [0.29, 0.717) is 17.7 Å². The summed E-state index contributed by atoms with van der Waals surface area (Å²) in [6.07, 6.45) is 0. The van der Waals surface area contributed by atoms with Gasteiger partial charge in [-0.1, -0.05) is 17.3 Å². The molecule has 0 bridgehead atoms. The van der Waals surface area contributed by atoms with Gasteiger partial charge in [0.15, 0.2) is 5.84 Å². The monoisotopic (exact) mass is 289 g/mol. The number of rotatable bonds is 4. The van der Waals surface area contributed by atoms with Crippen molar-refractivity contribution in [3.8, 4) is 0 Å². The molecule has 1 aromatic carbocycles. The molecule has 5 nitrogen and oxygen atoms in total. The van der Waals surface area contributed by atoms with Crippen LogP contribution in [0.4, 0.5) is 0 Å². The molecule has 2 rings (SSSR count). The molecule has 0 aliphatic rings. The Balaban J connectivity index is 2.01. The van der Waals surface area contributed by atoms with Gasteiger partial charge < -0.3 is 16.3 Å². The van der Waals surface area contributed by atoms with Crippen molar-refractivity contribution in [3.63, 3.8) is 0 Å². The molecule has 1 heterocycles. The van der Waals surface area contributed by atoms with Crippen molar-refractivity contribution in [2.75, 3.05) is 0 Å². The second kappa shape index (κ2) is 6.21. The number of carbonyl (C=O) groups excluding carboxylic acids is 1. The van der Waals surface area contributed by atoms with Crippen molar-refractivity contribution in [1.82, 2.24) is 5.32 Å². The summed E-state index contributed by atoms with van der Waals surface area (Å²) in [6.45, 7) is 2.54. The first-order valence-electron chi connectivity index (χ1n) is 6.01. The van der Waals surface area contributed by atoms with E-state index < -0.39 is 0 Å². The zero-order chi connectivity index (χ0) is 14.5. The van der Waals surface area contributed by atoms with Crippen molar-refractivity contribution >= 4 is 23.1 Å². The smallest absolute Gasteiger partial charge is 0.251 e. The number of hydrogen-bond acceptors (Lipinski definition) is 4. The SMILES string of the molecule is Cc1ccsc1CNC(=O)c1ccc(/C(N)=N/O)cc1. The zero-order valence-electron chi connectivity index (χ0n) is 11.0. The van der Waals surface area contributed by atoms with E-state index in [0.717, 1.165) is 4.88 Å². The fourth-order valence-electron chi connectivity index (χ4n) is 1.70. The van der Waals surface area contributed by atoms with E-state index in [1.165, 1.54) is 5.56 Å². The first-order chi connectivity index (χ1) is 9.61. The third-order valence-corrected chi connectivity index (χ3v) is 3.95. The Labute approximate surface area is 120 Å². The van der Waals surface area contributed by atoms with Crippen LogP contribution in [-0.4, -0.2) is 17.0 Å². The molecular weight excluding hydrogens is 274 g/mol. The highest BCUT2D eigenvalue weighted by Crippen LogP contribution is 2.15. The van der Waals surface area contributed by atoms with E-state index in [9.17, 15) is 4.79 Å². The quantitative estimate of drug-likeness (QED) is 0.348. The Bertz CT molecular complexity index is 632. The molecule has 1 amide bonds. The van der Waals surface area contributed by atoms with Gasteiger partial charge in [-0.2, -0.15) is 0 Å². The molecule has 0 aliphatic carbocycles. The number of oxime groups is 1. The summed E-state index contributed by atoms with van der Waals surface area (Å²) in [7, 11) is 0. The van der Waals surface area contributed by atoms with Crippen LogP contribution in [0.5, 0.6) is 0 Å². The van der Waals surface area contributed by atoms with E-state index in [-0.39, 0.29) is 11.7 Å². The van der Waals surface area contributed by atoms with E-state index >= 15 is 0 Å². The molecule has 0 spiro atoms. The maximum atomic E-state index is 12.0. The molecule has 6 heteroatoms. The summed E-state index contributed by atoms with van der Waals surface area (Å²) in [5.74, 6) is -0.130. The van der Waals surface area contributed by atoms with Crippen LogP contribution in [0.25, 0.3) is 0 Å². The molecule has 2 aromatic rings. The molecule has 104 valence electrons. The number of hydrogen-bond donors (Lipinski definition) is 3. The Hall–Kier alpha value is -2.34. The van der Waals surface area contributed by atoms with Gasteiger partial charge >= 0.3 is 0 Å². The molecule has 20 heavy (non-hydrogen) atoms. The fraction of sp³-hybridized carbons (Fsp3) is 0.143. The summed E-state index contributed by atoms with van der Waals surface area (Å²) in [6, 6.07) is 8.59. The fourth-order valence-corrected chi connectivity index (χ4v) is 2.54. The third-order valence-electron chi connectivity index (χ3n) is 2.93. The number of aryl methyl sites for hydroxylation is 1. The summed E-state index contributed by atoms with van der Waals surface area (Å²) in [4.78, 5) is 13.1. The lowest BCUT2D eigenvalue weighted by Gasteiger charge is -2.05. The van der Waals surface area contributed by atoms with Gasteiger partial charge in [0, 0.05) is 16.0 Å². The number of nitrogens with one attached hydrogen (secondary N) is 1. The van der Waals surface area contributed by atoms with Crippen LogP contribution in [0.1, 0.15) is 26.4 Å². The highest BCUT2D eigenvalue weighted by atomic mass is 32.1. The second-order valence-corrected chi connectivity index (χ2v) is 5.27. The molecular formula is C14H15N3O2S. The van der Waals surface area contributed by atoms with Crippen molar-refractivity contribution in [2.24, 2.45) is 10.9 Å². The van der Waals surface area contributed by atoms with Crippen LogP contribution in [0.3, 0.4) is 0 Å². The van der Waals surface area contributed by atoms with Crippen LogP contribution in [0.15, 0.2) is 40.9 Å². The van der Waals surface area contributed by atoms with Gasteiger partial charge in [-0.05, 0) is 36.1 Å². The van der Waals surface area contributed by atoms with Crippen molar-refractivity contribution in [3.05, 3.63) is 57.3 Å². The molecule has 0 saturated carbocycles. The van der Waals surface area contributed by atoms with Crippen molar-refractivity contribution < 1.29 is 10.0 Å². The second-order valence-electron chi connectivity index (χ2n) is 4.27. The standard InChI is InChI=1S/C14H15N3O2S/c1-9-6-7-20-12(9)8-16-14(18)11-4-2-10(3-5-11)13(15)17-19/h2-7,19H,8H2,1H3,(H2,15,17)(H,16,18). The van der Waals surface area contributed by atoms with Crippen LogP contribution in [-0.2, 0) is 6.54 Å². The lowest BCUT2D eigenvalue weighted by molar-refractivity contribution is 0.0951. The highest BCUT2D eigenvalue weighted by molar-refractivity contribution is 7.10. The first-order valence-corrected chi connectivity index (χ1v) is 6.89. The lowest BCUT2D eigenvalue weighted by Crippen LogP contribution is -2.22. The van der Waals surface area contributed by atoms with Crippen LogP contribution >= 0.6 is 11.3 Å². The average molecular weight is 289 g/mol. The minimum atomic E-state index is -0.149. The Morgan fingerprint density at radius 2 is 1.95 bits per heavy atom. The predicted octanol–water partition coefficient (Wildman–Crippen LogP) is 2.08. The van der Waals surface area contributed by atoms with Gasteiger partial charge in [0.2, 0.25) is 0 Å². The molecule has 1 aromatic heterocycles. The number of amidine groups is 1.